The highest BCUT2D eigenvalue weighted by molar-refractivity contribution is 7.92. The lowest BCUT2D eigenvalue weighted by molar-refractivity contribution is -0.140. The van der Waals surface area contributed by atoms with Crippen molar-refractivity contribution in [1.82, 2.24) is 10.2 Å². The lowest BCUT2D eigenvalue weighted by Gasteiger charge is -2.33. The molecule has 11 heteroatoms. The van der Waals surface area contributed by atoms with Crippen LogP contribution in [-0.2, 0) is 26.2 Å². The van der Waals surface area contributed by atoms with Crippen LogP contribution in [0.5, 0.6) is 0 Å². The summed E-state index contributed by atoms with van der Waals surface area (Å²) >= 11 is 18.3. The number of anilines is 1. The van der Waals surface area contributed by atoms with Gasteiger partial charge in [0.05, 0.1) is 11.9 Å². The molecule has 1 N–H and O–H groups in total. The highest BCUT2D eigenvalue weighted by atomic mass is 35.5. The second-order valence-electron chi connectivity index (χ2n) is 7.33. The first kappa shape index (κ1) is 27.2. The number of sulfonamides is 1. The molecule has 33 heavy (non-hydrogen) atoms. The molecule has 1 atom stereocenters. The summed E-state index contributed by atoms with van der Waals surface area (Å²) in [6, 6.07) is 10.2. The van der Waals surface area contributed by atoms with Crippen LogP contribution in [0.1, 0.15) is 25.8 Å². The summed E-state index contributed by atoms with van der Waals surface area (Å²) in [5, 5.41) is 3.82. The van der Waals surface area contributed by atoms with E-state index in [1.165, 1.54) is 11.0 Å². The van der Waals surface area contributed by atoms with Crippen LogP contribution in [0.15, 0.2) is 42.5 Å². The monoisotopic (exact) mass is 533 g/mol. The first-order valence-corrected chi connectivity index (χ1v) is 13.2. The number of hydrogen-bond donors (Lipinski definition) is 1. The fraction of sp³-hybridized carbons (Fsp3) is 0.364. The number of amides is 2. The number of rotatable bonds is 10. The highest BCUT2D eigenvalue weighted by Gasteiger charge is 2.32. The molecule has 0 radical (unpaired) electrons. The summed E-state index contributed by atoms with van der Waals surface area (Å²) in [6.07, 6.45) is 1.32. The lowest BCUT2D eigenvalue weighted by Crippen LogP contribution is -2.52. The Hall–Kier alpha value is -2.00. The Labute approximate surface area is 209 Å². The van der Waals surface area contributed by atoms with E-state index in [2.05, 4.69) is 5.32 Å². The Kier molecular flexibility index (Phi) is 9.84. The van der Waals surface area contributed by atoms with Crippen molar-refractivity contribution in [2.24, 2.45) is 0 Å². The van der Waals surface area contributed by atoms with Crippen molar-refractivity contribution in [2.45, 2.75) is 32.9 Å². The van der Waals surface area contributed by atoms with Gasteiger partial charge in [0.15, 0.2) is 0 Å². The zero-order chi connectivity index (χ0) is 24.8. The fourth-order valence-corrected chi connectivity index (χ4v) is 4.78. The molecule has 0 bridgehead atoms. The van der Waals surface area contributed by atoms with Crippen LogP contribution in [0.3, 0.4) is 0 Å². The van der Waals surface area contributed by atoms with Crippen molar-refractivity contribution in [3.05, 3.63) is 63.1 Å². The van der Waals surface area contributed by atoms with Crippen LogP contribution in [-0.4, -0.2) is 50.5 Å². The molecule has 180 valence electrons. The summed E-state index contributed by atoms with van der Waals surface area (Å²) in [4.78, 5) is 27.6. The average molecular weight is 535 g/mol. The fourth-order valence-electron chi connectivity index (χ4n) is 3.29. The van der Waals surface area contributed by atoms with Gasteiger partial charge in [-0.3, -0.25) is 13.9 Å². The van der Waals surface area contributed by atoms with Gasteiger partial charge < -0.3 is 10.2 Å². The Morgan fingerprint density at radius 1 is 1.03 bits per heavy atom. The predicted molar refractivity (Wildman–Crippen MR) is 133 cm³/mol. The van der Waals surface area contributed by atoms with Crippen LogP contribution in [0.2, 0.25) is 15.1 Å². The summed E-state index contributed by atoms with van der Waals surface area (Å²) in [6.45, 7) is 3.42. The molecule has 0 aliphatic heterocycles. The molecule has 2 aromatic carbocycles. The number of carbonyl (C=O) groups is 2. The van der Waals surface area contributed by atoms with Crippen LogP contribution >= 0.6 is 34.8 Å². The molecule has 0 aliphatic carbocycles. The van der Waals surface area contributed by atoms with E-state index in [-0.39, 0.29) is 18.1 Å². The molecule has 2 amide bonds. The molecule has 0 heterocycles. The van der Waals surface area contributed by atoms with Crippen molar-refractivity contribution >= 4 is 62.3 Å². The van der Waals surface area contributed by atoms with Crippen LogP contribution in [0.4, 0.5) is 5.69 Å². The maximum atomic E-state index is 13.5. The summed E-state index contributed by atoms with van der Waals surface area (Å²) < 4.78 is 26.0. The number of benzene rings is 2. The number of likely N-dealkylation sites (N-methyl/N-ethyl adjacent to an activating group) is 1. The molecule has 0 saturated carbocycles. The average Bonchev–Trinajstić information content (AvgIpc) is 2.72. The van der Waals surface area contributed by atoms with Gasteiger partial charge in [-0.15, -0.1) is 0 Å². The molecule has 7 nitrogen and oxygen atoms in total. The van der Waals surface area contributed by atoms with Crippen LogP contribution in [0.25, 0.3) is 0 Å². The number of nitrogens with one attached hydrogen (secondary N) is 1. The van der Waals surface area contributed by atoms with E-state index in [1.807, 2.05) is 0 Å². The largest absolute Gasteiger partial charge is 0.355 e. The lowest BCUT2D eigenvalue weighted by atomic mass is 10.1. The van der Waals surface area contributed by atoms with E-state index < -0.39 is 28.5 Å². The molecule has 0 aliphatic rings. The second-order valence-corrected chi connectivity index (χ2v) is 10.5. The van der Waals surface area contributed by atoms with E-state index in [9.17, 15) is 18.0 Å². The Morgan fingerprint density at radius 2 is 1.70 bits per heavy atom. The molecule has 0 fully saturated rings. The van der Waals surface area contributed by atoms with Gasteiger partial charge in [-0.2, -0.15) is 0 Å². The molecule has 0 saturated heterocycles. The van der Waals surface area contributed by atoms with Gasteiger partial charge in [0.1, 0.15) is 12.6 Å². The molecule has 2 aromatic rings. The topological polar surface area (TPSA) is 86.8 Å². The predicted octanol–water partition coefficient (Wildman–Crippen LogP) is 4.36. The standard InChI is InChI=1S/C22H26Cl3N3O4S/c1-4-20(22(30)26-5-2)27(13-15-9-10-17(24)12-19(15)25)21(29)14-28(33(3,31)32)18-8-6-7-16(23)11-18/h6-12,20H,4-5,13-14H2,1-3H3,(H,26,30)/t20-/m1/s1. The highest BCUT2D eigenvalue weighted by Crippen LogP contribution is 2.25. The Balaban J connectivity index is 2.46. The number of nitrogens with zero attached hydrogens (tertiary/aromatic N) is 2. The second kappa shape index (κ2) is 11.9. The van der Waals surface area contributed by atoms with Crippen LogP contribution in [0, 0.1) is 0 Å². The summed E-state index contributed by atoms with van der Waals surface area (Å²) in [5.74, 6) is -0.906. The molecular formula is C22H26Cl3N3O4S. The minimum Gasteiger partial charge on any atom is -0.355 e. The smallest absolute Gasteiger partial charge is 0.244 e. The van der Waals surface area contributed by atoms with Gasteiger partial charge in [0.2, 0.25) is 21.8 Å². The number of halogens is 3. The Bertz CT molecular complexity index is 1110. The molecule has 2 rings (SSSR count). The minimum absolute atomic E-state index is 0.00236. The van der Waals surface area contributed by atoms with Gasteiger partial charge in [-0.25, -0.2) is 8.42 Å². The first-order chi connectivity index (χ1) is 15.5. The van der Waals surface area contributed by atoms with Crippen molar-refractivity contribution in [3.8, 4) is 0 Å². The molecule has 0 spiro atoms. The quantitative estimate of drug-likeness (QED) is 0.491. The third-order valence-electron chi connectivity index (χ3n) is 4.87. The van der Waals surface area contributed by atoms with E-state index in [1.54, 1.807) is 50.2 Å². The maximum absolute atomic E-state index is 13.5. The van der Waals surface area contributed by atoms with E-state index in [0.29, 0.717) is 33.6 Å². The van der Waals surface area contributed by atoms with E-state index in [4.69, 9.17) is 34.8 Å². The van der Waals surface area contributed by atoms with E-state index in [0.717, 1.165) is 10.6 Å². The van der Waals surface area contributed by atoms with Gasteiger partial charge >= 0.3 is 0 Å². The third kappa shape index (κ3) is 7.50. The minimum atomic E-state index is -3.83. The van der Waals surface area contributed by atoms with Crippen molar-refractivity contribution in [1.29, 1.82) is 0 Å². The summed E-state index contributed by atoms with van der Waals surface area (Å²) in [7, 11) is -3.83. The van der Waals surface area contributed by atoms with Gasteiger partial charge in [-0.1, -0.05) is 53.9 Å². The number of carbonyl (C=O) groups excluding carboxylic acids is 2. The molecule has 0 unspecified atom stereocenters. The van der Waals surface area contributed by atoms with Gasteiger partial charge in [0, 0.05) is 28.2 Å². The first-order valence-electron chi connectivity index (χ1n) is 10.2. The van der Waals surface area contributed by atoms with Crippen LogP contribution < -0.4 is 9.62 Å². The van der Waals surface area contributed by atoms with Gasteiger partial charge in [0.25, 0.3) is 0 Å². The zero-order valence-corrected chi connectivity index (χ0v) is 21.6. The normalized spacial score (nSPS) is 12.2. The summed E-state index contributed by atoms with van der Waals surface area (Å²) in [5.41, 5.74) is 0.819. The number of hydrogen-bond acceptors (Lipinski definition) is 4. The molecule has 0 aromatic heterocycles. The van der Waals surface area contributed by atoms with Crippen molar-refractivity contribution < 1.29 is 18.0 Å². The SMILES string of the molecule is CCNC(=O)[C@@H](CC)N(Cc1ccc(Cl)cc1Cl)C(=O)CN(c1cccc(Cl)c1)S(C)(=O)=O. The zero-order valence-electron chi connectivity index (χ0n) is 18.5. The van der Waals surface area contributed by atoms with Crippen molar-refractivity contribution in [2.75, 3.05) is 23.7 Å². The van der Waals surface area contributed by atoms with Gasteiger partial charge in [-0.05, 0) is 49.2 Å². The van der Waals surface area contributed by atoms with E-state index >= 15 is 0 Å². The Morgan fingerprint density at radius 3 is 2.24 bits per heavy atom. The maximum Gasteiger partial charge on any atom is 0.244 e. The van der Waals surface area contributed by atoms with Crippen molar-refractivity contribution in [3.63, 3.8) is 0 Å². The molecular weight excluding hydrogens is 509 g/mol. The third-order valence-corrected chi connectivity index (χ3v) is 6.83.